The van der Waals surface area contributed by atoms with Gasteiger partial charge < -0.3 is 0 Å². The molecule has 100 valence electrons. The van der Waals surface area contributed by atoms with Gasteiger partial charge in [-0.15, -0.1) is 0 Å². The van der Waals surface area contributed by atoms with Gasteiger partial charge >= 0.3 is 0 Å². The number of hydrogen-bond acceptors (Lipinski definition) is 3. The molecule has 2 aromatic rings. The molecule has 5 heteroatoms. The minimum atomic E-state index is -0.0493. The first-order valence-electron chi connectivity index (χ1n) is 6.28. The zero-order valence-electron chi connectivity index (χ0n) is 11.7. The highest BCUT2D eigenvalue weighted by Crippen LogP contribution is 2.11. The van der Waals surface area contributed by atoms with Crippen molar-refractivity contribution >= 4 is 11.9 Å². The molecule has 0 unspecified atom stereocenters. The number of aryl methyl sites for hydroxylation is 3. The Bertz CT molecular complexity index is 634. The van der Waals surface area contributed by atoms with E-state index in [4.69, 9.17) is 0 Å². The van der Waals surface area contributed by atoms with Crippen LogP contribution < -0.4 is 0 Å². The molecule has 2 rings (SSSR count). The topological polar surface area (TPSA) is 52.7 Å². The summed E-state index contributed by atoms with van der Waals surface area (Å²) in [4.78, 5) is 12.1. The lowest BCUT2D eigenvalue weighted by Gasteiger charge is -1.98. The summed E-state index contributed by atoms with van der Waals surface area (Å²) < 4.78 is 3.50. The molecule has 2 aromatic heterocycles. The summed E-state index contributed by atoms with van der Waals surface area (Å²) in [5.41, 5.74) is 3.46. The van der Waals surface area contributed by atoms with Crippen molar-refractivity contribution in [3.63, 3.8) is 0 Å². The number of carbonyl (C=O) groups is 1. The fraction of sp³-hybridized carbons (Fsp3) is 0.357. The molecular weight excluding hydrogens is 240 g/mol. The van der Waals surface area contributed by atoms with Gasteiger partial charge in [-0.1, -0.05) is 0 Å². The average molecular weight is 258 g/mol. The van der Waals surface area contributed by atoms with Crippen LogP contribution >= 0.6 is 0 Å². The fourth-order valence-electron chi connectivity index (χ4n) is 2.04. The smallest absolute Gasteiger partial charge is 0.203 e. The molecule has 0 aliphatic heterocycles. The zero-order chi connectivity index (χ0) is 14.0. The van der Waals surface area contributed by atoms with Crippen LogP contribution in [0.4, 0.5) is 0 Å². The second-order valence-corrected chi connectivity index (χ2v) is 4.49. The van der Waals surface area contributed by atoms with Crippen molar-refractivity contribution in [1.82, 2.24) is 19.6 Å². The number of nitrogens with zero attached hydrogens (tertiary/aromatic N) is 4. The van der Waals surface area contributed by atoms with E-state index in [2.05, 4.69) is 10.2 Å². The molecular formula is C14H18N4O. The molecule has 0 aliphatic carbocycles. The van der Waals surface area contributed by atoms with Gasteiger partial charge in [-0.25, -0.2) is 0 Å². The van der Waals surface area contributed by atoms with Crippen LogP contribution in [0.5, 0.6) is 0 Å². The van der Waals surface area contributed by atoms with Crippen molar-refractivity contribution in [2.75, 3.05) is 0 Å². The number of carbonyl (C=O) groups excluding carboxylic acids is 1. The molecule has 0 amide bonds. The van der Waals surface area contributed by atoms with E-state index < -0.39 is 0 Å². The van der Waals surface area contributed by atoms with Gasteiger partial charge in [0.1, 0.15) is 5.69 Å². The summed E-state index contributed by atoms with van der Waals surface area (Å²) in [5.74, 6) is -0.0493. The van der Waals surface area contributed by atoms with Crippen LogP contribution in [0.15, 0.2) is 18.3 Å². The van der Waals surface area contributed by atoms with Crippen LogP contribution in [0.2, 0.25) is 0 Å². The number of aromatic nitrogens is 4. The number of ketones is 1. The maximum Gasteiger partial charge on any atom is 0.203 e. The Morgan fingerprint density at radius 3 is 2.68 bits per heavy atom. The van der Waals surface area contributed by atoms with E-state index in [1.54, 1.807) is 36.1 Å². The van der Waals surface area contributed by atoms with Crippen molar-refractivity contribution < 1.29 is 4.79 Å². The second-order valence-electron chi connectivity index (χ2n) is 4.49. The minimum absolute atomic E-state index is 0.0493. The molecule has 0 fully saturated rings. The quantitative estimate of drug-likeness (QED) is 0.623. The van der Waals surface area contributed by atoms with Crippen LogP contribution in [0.3, 0.4) is 0 Å². The first kappa shape index (κ1) is 13.3. The average Bonchev–Trinajstić information content (AvgIpc) is 2.89. The van der Waals surface area contributed by atoms with Crippen molar-refractivity contribution in [3.05, 3.63) is 41.0 Å². The highest BCUT2D eigenvalue weighted by Gasteiger charge is 2.09. The molecule has 0 saturated heterocycles. The largest absolute Gasteiger partial charge is 0.288 e. The van der Waals surface area contributed by atoms with Gasteiger partial charge in [0.25, 0.3) is 0 Å². The summed E-state index contributed by atoms with van der Waals surface area (Å²) in [6, 6.07) is 1.79. The molecule has 2 heterocycles. The predicted octanol–water partition coefficient (Wildman–Crippen LogP) is 2.15. The maximum atomic E-state index is 12.1. The molecule has 0 aromatic carbocycles. The van der Waals surface area contributed by atoms with Gasteiger partial charge in [-0.05, 0) is 39.0 Å². The highest BCUT2D eigenvalue weighted by atomic mass is 16.1. The highest BCUT2D eigenvalue weighted by molar-refractivity contribution is 6.05. The Balaban J connectivity index is 2.20. The van der Waals surface area contributed by atoms with Crippen molar-refractivity contribution in [1.29, 1.82) is 0 Å². The third-order valence-electron chi connectivity index (χ3n) is 3.11. The molecule has 5 nitrogen and oxygen atoms in total. The SMILES string of the molecule is CCn1ncc(/C=C/C(=O)c2cc(C)nn2C)c1C. The van der Waals surface area contributed by atoms with Crippen LogP contribution in [-0.2, 0) is 13.6 Å². The Labute approximate surface area is 112 Å². The molecule has 0 spiro atoms. The van der Waals surface area contributed by atoms with Crippen molar-refractivity contribution in [2.45, 2.75) is 27.3 Å². The fourth-order valence-corrected chi connectivity index (χ4v) is 2.04. The summed E-state index contributed by atoms with van der Waals surface area (Å²) >= 11 is 0. The summed E-state index contributed by atoms with van der Waals surface area (Å²) in [7, 11) is 1.77. The van der Waals surface area contributed by atoms with Crippen molar-refractivity contribution in [3.8, 4) is 0 Å². The van der Waals surface area contributed by atoms with E-state index in [9.17, 15) is 4.79 Å². The first-order chi connectivity index (χ1) is 9.02. The monoisotopic (exact) mass is 258 g/mol. The van der Waals surface area contributed by atoms with Gasteiger partial charge in [-0.3, -0.25) is 14.2 Å². The van der Waals surface area contributed by atoms with Crippen LogP contribution in [0.25, 0.3) is 6.08 Å². The van der Waals surface area contributed by atoms with E-state index in [0.717, 1.165) is 23.5 Å². The molecule has 0 radical (unpaired) electrons. The van der Waals surface area contributed by atoms with E-state index in [1.165, 1.54) is 0 Å². The predicted molar refractivity (Wildman–Crippen MR) is 73.9 cm³/mol. The molecule has 19 heavy (non-hydrogen) atoms. The molecule has 0 atom stereocenters. The normalized spacial score (nSPS) is 11.4. The zero-order valence-corrected chi connectivity index (χ0v) is 11.7. The summed E-state index contributed by atoms with van der Waals surface area (Å²) in [6.45, 7) is 6.73. The number of allylic oxidation sites excluding steroid dienone is 1. The van der Waals surface area contributed by atoms with Gasteiger partial charge in [0.15, 0.2) is 0 Å². The lowest BCUT2D eigenvalue weighted by molar-refractivity contribution is 0.103. The first-order valence-corrected chi connectivity index (χ1v) is 6.28. The van der Waals surface area contributed by atoms with Gasteiger partial charge in [-0.2, -0.15) is 10.2 Å². The molecule has 0 bridgehead atoms. The number of rotatable bonds is 4. The second kappa shape index (κ2) is 5.22. The Hall–Kier alpha value is -2.17. The molecule has 0 aliphatic rings. The standard InChI is InChI=1S/C14H18N4O/c1-5-18-11(3)12(9-15-18)6-7-14(19)13-8-10(2)16-17(13)4/h6-9H,5H2,1-4H3/b7-6+. The van der Waals surface area contributed by atoms with E-state index in [-0.39, 0.29) is 5.78 Å². The van der Waals surface area contributed by atoms with Gasteiger partial charge in [0.05, 0.1) is 11.9 Å². The van der Waals surface area contributed by atoms with E-state index in [1.807, 2.05) is 25.5 Å². The number of hydrogen-bond donors (Lipinski definition) is 0. The lowest BCUT2D eigenvalue weighted by atomic mass is 10.2. The molecule has 0 saturated carbocycles. The van der Waals surface area contributed by atoms with E-state index >= 15 is 0 Å². The Morgan fingerprint density at radius 1 is 1.42 bits per heavy atom. The summed E-state index contributed by atoms with van der Waals surface area (Å²) in [5, 5.41) is 8.41. The maximum absolute atomic E-state index is 12.1. The van der Waals surface area contributed by atoms with Crippen LogP contribution in [0.1, 0.15) is 34.4 Å². The third kappa shape index (κ3) is 2.65. The molecule has 0 N–H and O–H groups in total. The lowest BCUT2D eigenvalue weighted by Crippen LogP contribution is -2.03. The Kier molecular flexibility index (Phi) is 3.64. The van der Waals surface area contributed by atoms with Crippen molar-refractivity contribution in [2.24, 2.45) is 7.05 Å². The third-order valence-corrected chi connectivity index (χ3v) is 3.11. The summed E-state index contributed by atoms with van der Waals surface area (Å²) in [6.07, 6.45) is 5.15. The Morgan fingerprint density at radius 2 is 2.16 bits per heavy atom. The minimum Gasteiger partial charge on any atom is -0.288 e. The van der Waals surface area contributed by atoms with Crippen LogP contribution in [0, 0.1) is 13.8 Å². The van der Waals surface area contributed by atoms with Crippen LogP contribution in [-0.4, -0.2) is 25.3 Å². The van der Waals surface area contributed by atoms with Gasteiger partial charge in [0.2, 0.25) is 5.78 Å². The van der Waals surface area contributed by atoms with Gasteiger partial charge in [0, 0.05) is 24.8 Å². The van der Waals surface area contributed by atoms with E-state index in [0.29, 0.717) is 5.69 Å².